The van der Waals surface area contributed by atoms with Crippen molar-refractivity contribution in [1.29, 1.82) is 0 Å². The predicted octanol–water partition coefficient (Wildman–Crippen LogP) is 4.26. The summed E-state index contributed by atoms with van der Waals surface area (Å²) in [4.78, 5) is 19.4. The number of nitrogens with zero attached hydrogens (tertiary/aromatic N) is 4. The highest BCUT2D eigenvalue weighted by molar-refractivity contribution is 6.01. The van der Waals surface area contributed by atoms with Crippen LogP contribution in [0, 0.1) is 0 Å². The molecule has 1 amide bonds. The van der Waals surface area contributed by atoms with Crippen molar-refractivity contribution < 1.29 is 9.53 Å². The van der Waals surface area contributed by atoms with Gasteiger partial charge in [-0.05, 0) is 48.5 Å². The van der Waals surface area contributed by atoms with E-state index in [2.05, 4.69) is 15.4 Å². The number of hydrogen-bond acceptors (Lipinski definition) is 5. The molecule has 1 heterocycles. The molecule has 1 aromatic heterocycles. The Hall–Kier alpha value is -4.13. The molecule has 0 saturated carbocycles. The number of methoxy groups -OCH3 is 1. The molecule has 0 spiro atoms. The fourth-order valence-electron chi connectivity index (χ4n) is 3.12. The summed E-state index contributed by atoms with van der Waals surface area (Å²) in [5.74, 6) is 1.04. The molecule has 0 saturated heterocycles. The van der Waals surface area contributed by atoms with Crippen LogP contribution in [0.4, 0.5) is 11.4 Å². The zero-order valence-electron chi connectivity index (χ0n) is 17.6. The number of amides is 1. The summed E-state index contributed by atoms with van der Waals surface area (Å²) >= 11 is 0. The lowest BCUT2D eigenvalue weighted by molar-refractivity contribution is 0.101. The molecule has 4 aromatic rings. The molecule has 0 unspecified atom stereocenters. The van der Waals surface area contributed by atoms with Gasteiger partial charge in [-0.3, -0.25) is 4.79 Å². The van der Waals surface area contributed by atoms with Crippen LogP contribution in [0.25, 0.3) is 17.1 Å². The van der Waals surface area contributed by atoms with Gasteiger partial charge in [0.1, 0.15) is 5.75 Å². The van der Waals surface area contributed by atoms with E-state index in [1.54, 1.807) is 11.8 Å². The standard InChI is InChI=1S/C24H23N5O2/c1-28(2)19-11-9-18(10-12-19)25-24(30)22-26-23(17-7-5-4-6-8-17)29(27-22)20-13-15-21(31-3)16-14-20/h4-16H,1-3H3,(H,25,30). The van der Waals surface area contributed by atoms with Crippen LogP contribution in [0.15, 0.2) is 78.9 Å². The third kappa shape index (κ3) is 4.40. The maximum atomic E-state index is 12.9. The van der Waals surface area contributed by atoms with Gasteiger partial charge in [0.2, 0.25) is 5.82 Å². The van der Waals surface area contributed by atoms with Crippen molar-refractivity contribution >= 4 is 17.3 Å². The quantitative estimate of drug-likeness (QED) is 0.511. The Bertz CT molecular complexity index is 1170. The van der Waals surface area contributed by atoms with Gasteiger partial charge in [0.25, 0.3) is 5.91 Å². The van der Waals surface area contributed by atoms with Gasteiger partial charge in [0, 0.05) is 31.0 Å². The predicted molar refractivity (Wildman–Crippen MR) is 122 cm³/mol. The van der Waals surface area contributed by atoms with Gasteiger partial charge in [-0.25, -0.2) is 9.67 Å². The molecule has 0 fully saturated rings. The van der Waals surface area contributed by atoms with E-state index in [0.717, 1.165) is 22.7 Å². The number of rotatable bonds is 6. The Balaban J connectivity index is 1.67. The normalized spacial score (nSPS) is 10.5. The van der Waals surface area contributed by atoms with E-state index in [1.807, 2.05) is 97.9 Å². The van der Waals surface area contributed by atoms with Gasteiger partial charge in [-0.1, -0.05) is 30.3 Å². The van der Waals surface area contributed by atoms with E-state index in [1.165, 1.54) is 0 Å². The zero-order valence-corrected chi connectivity index (χ0v) is 17.6. The van der Waals surface area contributed by atoms with Crippen LogP contribution >= 0.6 is 0 Å². The first-order chi connectivity index (χ1) is 15.0. The summed E-state index contributed by atoms with van der Waals surface area (Å²) in [5, 5.41) is 7.37. The topological polar surface area (TPSA) is 72.3 Å². The SMILES string of the molecule is COc1ccc(-n2nc(C(=O)Nc3ccc(N(C)C)cc3)nc2-c2ccccc2)cc1. The molecule has 0 aliphatic heterocycles. The van der Waals surface area contributed by atoms with Crippen LogP contribution in [-0.4, -0.2) is 41.9 Å². The highest BCUT2D eigenvalue weighted by Crippen LogP contribution is 2.23. The van der Waals surface area contributed by atoms with Gasteiger partial charge in [-0.15, -0.1) is 5.10 Å². The lowest BCUT2D eigenvalue weighted by Crippen LogP contribution is -2.14. The van der Waals surface area contributed by atoms with Crippen LogP contribution in [0.1, 0.15) is 10.6 Å². The van der Waals surface area contributed by atoms with Crippen molar-refractivity contribution in [2.75, 3.05) is 31.4 Å². The first-order valence-electron chi connectivity index (χ1n) is 9.81. The van der Waals surface area contributed by atoms with E-state index in [-0.39, 0.29) is 11.7 Å². The third-order valence-corrected chi connectivity index (χ3v) is 4.80. The smallest absolute Gasteiger partial charge is 0.295 e. The average molecular weight is 413 g/mol. The molecule has 31 heavy (non-hydrogen) atoms. The highest BCUT2D eigenvalue weighted by atomic mass is 16.5. The maximum absolute atomic E-state index is 12.9. The fraction of sp³-hybridized carbons (Fsp3) is 0.125. The minimum Gasteiger partial charge on any atom is -0.497 e. The number of benzene rings is 3. The number of ether oxygens (including phenoxy) is 1. The van der Waals surface area contributed by atoms with Crippen molar-refractivity contribution in [3.05, 3.63) is 84.7 Å². The minimum absolute atomic E-state index is 0.0892. The fourth-order valence-corrected chi connectivity index (χ4v) is 3.12. The molecule has 0 atom stereocenters. The molecule has 1 N–H and O–H groups in total. The molecule has 0 aliphatic rings. The van der Waals surface area contributed by atoms with Crippen LogP contribution in [0.3, 0.4) is 0 Å². The van der Waals surface area contributed by atoms with Crippen LogP contribution in [0.5, 0.6) is 5.75 Å². The Morgan fingerprint density at radius 2 is 1.61 bits per heavy atom. The van der Waals surface area contributed by atoms with Crippen molar-refractivity contribution in [2.24, 2.45) is 0 Å². The Labute approximate surface area is 180 Å². The van der Waals surface area contributed by atoms with E-state index in [4.69, 9.17) is 4.74 Å². The van der Waals surface area contributed by atoms with E-state index in [0.29, 0.717) is 11.5 Å². The molecule has 0 aliphatic carbocycles. The molecule has 3 aromatic carbocycles. The van der Waals surface area contributed by atoms with Gasteiger partial charge in [0.15, 0.2) is 5.82 Å². The van der Waals surface area contributed by atoms with Crippen molar-refractivity contribution in [1.82, 2.24) is 14.8 Å². The molecule has 7 nitrogen and oxygen atoms in total. The summed E-state index contributed by atoms with van der Waals surface area (Å²) in [7, 11) is 5.55. The Morgan fingerprint density at radius 3 is 2.23 bits per heavy atom. The zero-order chi connectivity index (χ0) is 21.8. The average Bonchev–Trinajstić information content (AvgIpc) is 3.26. The van der Waals surface area contributed by atoms with Gasteiger partial charge in [0.05, 0.1) is 12.8 Å². The number of carbonyl (C=O) groups excluding carboxylic acids is 1. The number of hydrogen-bond donors (Lipinski definition) is 1. The molecule has 7 heteroatoms. The number of nitrogens with one attached hydrogen (secondary N) is 1. The summed E-state index contributed by atoms with van der Waals surface area (Å²) in [6.45, 7) is 0. The number of anilines is 2. The minimum atomic E-state index is -0.373. The first-order valence-corrected chi connectivity index (χ1v) is 9.81. The van der Waals surface area contributed by atoms with Gasteiger partial charge < -0.3 is 15.0 Å². The summed E-state index contributed by atoms with van der Waals surface area (Å²) < 4.78 is 6.91. The Kier molecular flexibility index (Phi) is 5.66. The molecular formula is C24H23N5O2. The van der Waals surface area contributed by atoms with Crippen molar-refractivity contribution in [2.45, 2.75) is 0 Å². The second kappa shape index (κ2) is 8.71. The summed E-state index contributed by atoms with van der Waals surface area (Å²) in [6.07, 6.45) is 0. The molecule has 0 radical (unpaired) electrons. The molecule has 4 rings (SSSR count). The number of aromatic nitrogens is 3. The lowest BCUT2D eigenvalue weighted by atomic mass is 10.2. The summed E-state index contributed by atoms with van der Waals surface area (Å²) in [6, 6.07) is 24.7. The van der Waals surface area contributed by atoms with Crippen LogP contribution < -0.4 is 15.0 Å². The highest BCUT2D eigenvalue weighted by Gasteiger charge is 2.19. The van der Waals surface area contributed by atoms with E-state index >= 15 is 0 Å². The Morgan fingerprint density at radius 1 is 0.935 bits per heavy atom. The van der Waals surface area contributed by atoms with E-state index in [9.17, 15) is 4.79 Å². The largest absolute Gasteiger partial charge is 0.497 e. The van der Waals surface area contributed by atoms with Crippen molar-refractivity contribution in [3.8, 4) is 22.8 Å². The maximum Gasteiger partial charge on any atom is 0.295 e. The second-order valence-corrected chi connectivity index (χ2v) is 7.13. The van der Waals surface area contributed by atoms with Crippen molar-refractivity contribution in [3.63, 3.8) is 0 Å². The van der Waals surface area contributed by atoms with E-state index < -0.39 is 0 Å². The second-order valence-electron chi connectivity index (χ2n) is 7.13. The molecule has 0 bridgehead atoms. The molecule has 156 valence electrons. The van der Waals surface area contributed by atoms with Gasteiger partial charge in [-0.2, -0.15) is 0 Å². The lowest BCUT2D eigenvalue weighted by Gasteiger charge is -2.12. The monoisotopic (exact) mass is 413 g/mol. The third-order valence-electron chi connectivity index (χ3n) is 4.80. The van der Waals surface area contributed by atoms with Gasteiger partial charge >= 0.3 is 0 Å². The number of carbonyl (C=O) groups is 1. The first kappa shape index (κ1) is 20.2. The summed E-state index contributed by atoms with van der Waals surface area (Å²) in [5.41, 5.74) is 3.37. The van der Waals surface area contributed by atoms with Crippen LogP contribution in [0.2, 0.25) is 0 Å². The molecular weight excluding hydrogens is 390 g/mol. The van der Waals surface area contributed by atoms with Crippen LogP contribution in [-0.2, 0) is 0 Å².